The molecular weight excluding hydrogens is 418 g/mol. The van der Waals surface area contributed by atoms with Crippen molar-refractivity contribution in [3.63, 3.8) is 0 Å². The molecule has 0 amide bonds. The molecule has 1 aliphatic rings. The molecule has 0 heterocycles. The van der Waals surface area contributed by atoms with E-state index in [4.69, 9.17) is 0 Å². The summed E-state index contributed by atoms with van der Waals surface area (Å²) in [5.74, 6) is 0.500. The molecule has 26 heavy (non-hydrogen) atoms. The van der Waals surface area contributed by atoms with Crippen molar-refractivity contribution in [1.29, 1.82) is 0 Å². The van der Waals surface area contributed by atoms with Gasteiger partial charge in [0.15, 0.2) is 0 Å². The summed E-state index contributed by atoms with van der Waals surface area (Å²) in [5, 5.41) is 0. The fraction of sp³-hybridized carbons (Fsp3) is 0.273. The molecule has 1 aliphatic carbocycles. The molecule has 0 fully saturated rings. The van der Waals surface area contributed by atoms with Crippen LogP contribution in [0.25, 0.3) is 0 Å². The van der Waals surface area contributed by atoms with Gasteiger partial charge in [0.05, 0.1) is 0 Å². The van der Waals surface area contributed by atoms with Crippen LogP contribution in [0, 0.1) is 12.0 Å². The number of rotatable bonds is 4. The van der Waals surface area contributed by atoms with Gasteiger partial charge in [0.25, 0.3) is 0 Å². The second-order valence-corrected chi connectivity index (χ2v) is 6.46. The summed E-state index contributed by atoms with van der Waals surface area (Å²) in [6, 6.07) is 21.7. The molecule has 0 nitrogen and oxygen atoms in total. The SMILES string of the molecule is CC(C)C1=C(C(C)(c2ccccc2)c2ccccc2)CC=[C-]1.[Cl-].[Cl-].[Cl-].[Ti+4]. The summed E-state index contributed by atoms with van der Waals surface area (Å²) in [5.41, 5.74) is 5.47. The van der Waals surface area contributed by atoms with E-state index in [1.807, 2.05) is 0 Å². The van der Waals surface area contributed by atoms with Crippen LogP contribution < -0.4 is 37.2 Å². The number of hydrogen-bond donors (Lipinski definition) is 0. The van der Waals surface area contributed by atoms with Crippen LogP contribution in [0.1, 0.15) is 38.3 Å². The Morgan fingerprint density at radius 2 is 1.23 bits per heavy atom. The first-order chi connectivity index (χ1) is 10.6. The Hall–Kier alpha value is -0.496. The first kappa shape index (κ1) is 27.7. The van der Waals surface area contributed by atoms with E-state index in [-0.39, 0.29) is 64.4 Å². The largest absolute Gasteiger partial charge is 4.00 e. The maximum Gasteiger partial charge on any atom is 4.00 e. The molecule has 0 saturated carbocycles. The monoisotopic (exact) mass is 440 g/mol. The number of benzene rings is 2. The van der Waals surface area contributed by atoms with E-state index >= 15 is 0 Å². The quantitative estimate of drug-likeness (QED) is 0.345. The third-order valence-corrected chi connectivity index (χ3v) is 4.77. The van der Waals surface area contributed by atoms with Crippen molar-refractivity contribution in [1.82, 2.24) is 0 Å². The molecule has 2 aromatic carbocycles. The van der Waals surface area contributed by atoms with Gasteiger partial charge in [-0.15, -0.1) is 0 Å². The molecule has 0 bridgehead atoms. The number of halogens is 3. The predicted molar refractivity (Wildman–Crippen MR) is 93.6 cm³/mol. The van der Waals surface area contributed by atoms with Gasteiger partial charge in [-0.3, -0.25) is 6.08 Å². The molecule has 0 aliphatic heterocycles. The van der Waals surface area contributed by atoms with Crippen LogP contribution in [0.2, 0.25) is 0 Å². The zero-order valence-corrected chi connectivity index (χ0v) is 19.1. The summed E-state index contributed by atoms with van der Waals surface area (Å²) < 4.78 is 0. The molecule has 3 rings (SSSR count). The van der Waals surface area contributed by atoms with Crippen LogP contribution in [0.3, 0.4) is 0 Å². The van der Waals surface area contributed by atoms with Gasteiger partial charge in [-0.1, -0.05) is 105 Å². The topological polar surface area (TPSA) is 0 Å². The molecule has 0 spiro atoms. The molecule has 0 N–H and O–H groups in total. The Morgan fingerprint density at radius 1 is 0.808 bits per heavy atom. The van der Waals surface area contributed by atoms with E-state index in [1.165, 1.54) is 22.3 Å². The summed E-state index contributed by atoms with van der Waals surface area (Å²) >= 11 is 0. The summed E-state index contributed by atoms with van der Waals surface area (Å²) in [7, 11) is 0. The van der Waals surface area contributed by atoms with Crippen molar-refractivity contribution in [2.45, 2.75) is 32.6 Å². The van der Waals surface area contributed by atoms with Crippen LogP contribution >= 0.6 is 0 Å². The molecule has 0 unspecified atom stereocenters. The normalized spacial score (nSPS) is 12.6. The number of allylic oxidation sites excluding steroid dienone is 4. The van der Waals surface area contributed by atoms with Crippen molar-refractivity contribution in [2.75, 3.05) is 0 Å². The molecule has 0 radical (unpaired) electrons. The Labute approximate surface area is 191 Å². The average molecular weight is 442 g/mol. The zero-order valence-electron chi connectivity index (χ0n) is 15.3. The number of hydrogen-bond acceptors (Lipinski definition) is 0. The minimum atomic E-state index is -0.0951. The van der Waals surface area contributed by atoms with Crippen molar-refractivity contribution >= 4 is 0 Å². The minimum absolute atomic E-state index is 0. The van der Waals surface area contributed by atoms with E-state index in [0.29, 0.717) is 5.92 Å². The first-order valence-electron chi connectivity index (χ1n) is 8.07. The third-order valence-electron chi connectivity index (χ3n) is 4.77. The molecule has 2 aromatic rings. The Morgan fingerprint density at radius 3 is 1.62 bits per heavy atom. The van der Waals surface area contributed by atoms with Gasteiger partial charge in [-0.2, -0.15) is 11.6 Å². The van der Waals surface area contributed by atoms with Gasteiger partial charge in [0.2, 0.25) is 0 Å². The fourth-order valence-corrected chi connectivity index (χ4v) is 3.51. The molecule has 0 saturated heterocycles. The second kappa shape index (κ2) is 12.1. The van der Waals surface area contributed by atoms with Crippen molar-refractivity contribution in [2.24, 2.45) is 5.92 Å². The average Bonchev–Trinajstić information content (AvgIpc) is 3.06. The molecule has 0 atom stereocenters. The maximum absolute atomic E-state index is 3.51. The van der Waals surface area contributed by atoms with Crippen LogP contribution in [-0.4, -0.2) is 0 Å². The van der Waals surface area contributed by atoms with Gasteiger partial charge in [-0.05, 0) is 5.41 Å². The van der Waals surface area contributed by atoms with Gasteiger partial charge in [0, 0.05) is 0 Å². The smallest absolute Gasteiger partial charge is 1.00 e. The van der Waals surface area contributed by atoms with Crippen molar-refractivity contribution < 1.29 is 58.9 Å². The summed E-state index contributed by atoms with van der Waals surface area (Å²) in [4.78, 5) is 0. The third kappa shape index (κ3) is 5.27. The predicted octanol–water partition coefficient (Wildman–Crippen LogP) is -3.28. The summed E-state index contributed by atoms with van der Waals surface area (Å²) in [6.07, 6.45) is 6.69. The van der Waals surface area contributed by atoms with Crippen LogP contribution in [0.15, 0.2) is 77.9 Å². The summed E-state index contributed by atoms with van der Waals surface area (Å²) in [6.45, 7) is 6.88. The van der Waals surface area contributed by atoms with Crippen LogP contribution in [0.4, 0.5) is 0 Å². The molecule has 136 valence electrons. The molecular formula is C22H23Cl3Ti. The van der Waals surface area contributed by atoms with Gasteiger partial charge in [-0.25, -0.2) is 5.57 Å². The van der Waals surface area contributed by atoms with E-state index in [9.17, 15) is 0 Å². The maximum atomic E-state index is 3.51. The fourth-order valence-electron chi connectivity index (χ4n) is 3.51. The van der Waals surface area contributed by atoms with E-state index in [2.05, 4.69) is 93.6 Å². The minimum Gasteiger partial charge on any atom is -1.00 e. The van der Waals surface area contributed by atoms with Crippen LogP contribution in [0.5, 0.6) is 0 Å². The second-order valence-electron chi connectivity index (χ2n) is 6.46. The Kier molecular flexibility index (Phi) is 12.9. The van der Waals surface area contributed by atoms with Crippen LogP contribution in [-0.2, 0) is 27.1 Å². The molecule has 0 aromatic heterocycles. The first-order valence-corrected chi connectivity index (χ1v) is 8.07. The Balaban J connectivity index is 0. The van der Waals surface area contributed by atoms with Gasteiger partial charge < -0.3 is 37.2 Å². The molecule has 4 heteroatoms. The standard InChI is InChI=1S/C22H23.3ClH.Ti/c1-17(2)20-15-10-16-21(20)22(3,18-11-6-4-7-12-18)19-13-8-5-9-14-19;;;;/h4-14,17H,16H2,1-3H3;3*1H;/q-1;;;;+4/p-3. The van der Waals surface area contributed by atoms with Gasteiger partial charge >= 0.3 is 21.7 Å². The Bertz CT molecular complexity index is 667. The van der Waals surface area contributed by atoms with Crippen molar-refractivity contribution in [3.8, 4) is 0 Å². The van der Waals surface area contributed by atoms with E-state index < -0.39 is 0 Å². The zero-order chi connectivity index (χ0) is 15.6. The van der Waals surface area contributed by atoms with E-state index in [0.717, 1.165) is 6.42 Å². The van der Waals surface area contributed by atoms with Gasteiger partial charge in [0.1, 0.15) is 0 Å². The van der Waals surface area contributed by atoms with E-state index in [1.54, 1.807) is 0 Å². The van der Waals surface area contributed by atoms with Crippen molar-refractivity contribution in [3.05, 3.63) is 95.1 Å².